The average molecular weight is 237 g/mol. The van der Waals surface area contributed by atoms with Crippen molar-refractivity contribution < 1.29 is 19.5 Å². The summed E-state index contributed by atoms with van der Waals surface area (Å²) >= 11 is 0. The fourth-order valence-corrected chi connectivity index (χ4v) is 1.64. The maximum absolute atomic E-state index is 11.7. The lowest BCUT2D eigenvalue weighted by Crippen LogP contribution is -2.33. The van der Waals surface area contributed by atoms with Crippen LogP contribution >= 0.6 is 0 Å². The van der Waals surface area contributed by atoms with Crippen LogP contribution in [0.2, 0.25) is 0 Å². The number of hydrogen-bond acceptors (Lipinski definition) is 4. The van der Waals surface area contributed by atoms with Crippen LogP contribution in [0.5, 0.6) is 5.75 Å². The molecule has 2 rings (SSSR count). The second-order valence-electron chi connectivity index (χ2n) is 3.86. The summed E-state index contributed by atoms with van der Waals surface area (Å²) in [5.41, 5.74) is 2.47. The third-order valence-corrected chi connectivity index (χ3v) is 2.57. The van der Waals surface area contributed by atoms with E-state index in [0.717, 1.165) is 19.3 Å². The standard InChI is InChI=1S/C12H15NO4/c14-10-6-2-1-5-9(10)12(15)13-17-11-7-3-4-8-16-11/h1-2,5-6,11,14H,3-4,7-8H2,(H,13,15). The van der Waals surface area contributed by atoms with Gasteiger partial charge in [-0.15, -0.1) is 0 Å². The molecule has 0 spiro atoms. The van der Waals surface area contributed by atoms with Gasteiger partial charge in [0.25, 0.3) is 5.91 Å². The van der Waals surface area contributed by atoms with Gasteiger partial charge in [0, 0.05) is 13.0 Å². The largest absolute Gasteiger partial charge is 0.507 e. The molecule has 1 aliphatic rings. The van der Waals surface area contributed by atoms with E-state index in [1.165, 1.54) is 12.1 Å². The van der Waals surface area contributed by atoms with Crippen LogP contribution in [0.4, 0.5) is 0 Å². The topological polar surface area (TPSA) is 67.8 Å². The molecule has 1 heterocycles. The number of phenolic OH excluding ortho intramolecular Hbond substituents is 1. The number of phenols is 1. The molecule has 2 N–H and O–H groups in total. The zero-order chi connectivity index (χ0) is 12.1. The lowest BCUT2D eigenvalue weighted by atomic mass is 10.2. The average Bonchev–Trinajstić information content (AvgIpc) is 2.38. The molecule has 1 unspecified atom stereocenters. The molecule has 1 aromatic rings. The molecule has 1 fully saturated rings. The number of rotatable bonds is 3. The molecule has 17 heavy (non-hydrogen) atoms. The molecular formula is C12H15NO4. The van der Waals surface area contributed by atoms with Crippen LogP contribution in [-0.4, -0.2) is 23.9 Å². The molecule has 0 aliphatic carbocycles. The molecule has 5 nitrogen and oxygen atoms in total. The Morgan fingerprint density at radius 2 is 2.24 bits per heavy atom. The minimum atomic E-state index is -0.475. The third kappa shape index (κ3) is 3.18. The number of nitrogens with one attached hydrogen (secondary N) is 1. The number of para-hydroxylation sites is 1. The van der Waals surface area contributed by atoms with Crippen molar-refractivity contribution in [3.05, 3.63) is 29.8 Å². The van der Waals surface area contributed by atoms with E-state index >= 15 is 0 Å². The lowest BCUT2D eigenvalue weighted by Gasteiger charge is -2.22. The fraction of sp³-hybridized carbons (Fsp3) is 0.417. The first kappa shape index (κ1) is 11.9. The number of benzene rings is 1. The molecule has 5 heteroatoms. The molecule has 1 amide bonds. The summed E-state index contributed by atoms with van der Waals surface area (Å²) in [6, 6.07) is 6.30. The van der Waals surface area contributed by atoms with Crippen LogP contribution in [0.1, 0.15) is 29.6 Å². The number of aromatic hydroxyl groups is 1. The normalized spacial score (nSPS) is 19.9. The Hall–Kier alpha value is -1.59. The van der Waals surface area contributed by atoms with Crippen LogP contribution in [0.15, 0.2) is 24.3 Å². The number of amides is 1. The minimum Gasteiger partial charge on any atom is -0.507 e. The van der Waals surface area contributed by atoms with Crippen molar-refractivity contribution >= 4 is 5.91 Å². The highest BCUT2D eigenvalue weighted by atomic mass is 16.8. The van der Waals surface area contributed by atoms with Gasteiger partial charge in [0.1, 0.15) is 5.75 Å². The number of hydrogen-bond donors (Lipinski definition) is 2. The first-order chi connectivity index (χ1) is 8.27. The molecular weight excluding hydrogens is 222 g/mol. The summed E-state index contributed by atoms with van der Waals surface area (Å²) in [6.45, 7) is 0.650. The van der Waals surface area contributed by atoms with Gasteiger partial charge in [0.15, 0.2) is 6.29 Å². The predicted molar refractivity (Wildman–Crippen MR) is 60.2 cm³/mol. The van der Waals surface area contributed by atoms with Gasteiger partial charge in [-0.2, -0.15) is 0 Å². The first-order valence-electron chi connectivity index (χ1n) is 5.63. The number of ether oxygens (including phenoxy) is 1. The summed E-state index contributed by atoms with van der Waals surface area (Å²) in [4.78, 5) is 16.8. The van der Waals surface area contributed by atoms with Gasteiger partial charge >= 0.3 is 0 Å². The molecule has 92 valence electrons. The number of hydroxylamine groups is 1. The van der Waals surface area contributed by atoms with Crippen LogP contribution < -0.4 is 5.48 Å². The van der Waals surface area contributed by atoms with E-state index in [1.807, 2.05) is 0 Å². The van der Waals surface area contributed by atoms with Crippen molar-refractivity contribution in [3.63, 3.8) is 0 Å². The van der Waals surface area contributed by atoms with Crippen molar-refractivity contribution in [2.75, 3.05) is 6.61 Å². The predicted octanol–water partition coefficient (Wildman–Crippen LogP) is 1.58. The van der Waals surface area contributed by atoms with Gasteiger partial charge < -0.3 is 9.84 Å². The maximum Gasteiger partial charge on any atom is 0.278 e. The zero-order valence-corrected chi connectivity index (χ0v) is 9.39. The van der Waals surface area contributed by atoms with Gasteiger partial charge in [-0.25, -0.2) is 10.3 Å². The van der Waals surface area contributed by atoms with Gasteiger partial charge in [-0.1, -0.05) is 12.1 Å². The quantitative estimate of drug-likeness (QED) is 0.783. The SMILES string of the molecule is O=C(NOC1CCCCO1)c1ccccc1O. The molecule has 1 aliphatic heterocycles. The van der Waals surface area contributed by atoms with Crippen LogP contribution in [0.25, 0.3) is 0 Å². The second kappa shape index (κ2) is 5.65. The van der Waals surface area contributed by atoms with Gasteiger partial charge in [0.05, 0.1) is 5.56 Å². The summed E-state index contributed by atoms with van der Waals surface area (Å²) in [6.07, 6.45) is 2.42. The van der Waals surface area contributed by atoms with E-state index in [-0.39, 0.29) is 11.3 Å². The lowest BCUT2D eigenvalue weighted by molar-refractivity contribution is -0.186. The molecule has 0 radical (unpaired) electrons. The fourth-order valence-electron chi connectivity index (χ4n) is 1.64. The highest BCUT2D eigenvalue weighted by Crippen LogP contribution is 2.16. The van der Waals surface area contributed by atoms with E-state index in [2.05, 4.69) is 5.48 Å². The monoisotopic (exact) mass is 237 g/mol. The Labute approximate surface area is 99.3 Å². The van der Waals surface area contributed by atoms with Gasteiger partial charge in [-0.05, 0) is 25.0 Å². The van der Waals surface area contributed by atoms with E-state index in [4.69, 9.17) is 9.57 Å². The number of carbonyl (C=O) groups is 1. The summed E-state index contributed by atoms with van der Waals surface area (Å²) in [5, 5.41) is 9.47. The highest BCUT2D eigenvalue weighted by Gasteiger charge is 2.17. The minimum absolute atomic E-state index is 0.0711. The summed E-state index contributed by atoms with van der Waals surface area (Å²) in [7, 11) is 0. The summed E-state index contributed by atoms with van der Waals surface area (Å²) < 4.78 is 5.30. The van der Waals surface area contributed by atoms with Gasteiger partial charge in [-0.3, -0.25) is 4.79 Å². The smallest absolute Gasteiger partial charge is 0.278 e. The second-order valence-corrected chi connectivity index (χ2v) is 3.86. The maximum atomic E-state index is 11.7. The van der Waals surface area contributed by atoms with Crippen molar-refractivity contribution in [1.29, 1.82) is 0 Å². The van der Waals surface area contributed by atoms with Crippen LogP contribution in [0.3, 0.4) is 0 Å². The van der Waals surface area contributed by atoms with E-state index in [1.54, 1.807) is 12.1 Å². The van der Waals surface area contributed by atoms with Crippen LogP contribution in [-0.2, 0) is 9.57 Å². The van der Waals surface area contributed by atoms with Crippen molar-refractivity contribution in [3.8, 4) is 5.75 Å². The molecule has 0 aromatic heterocycles. The van der Waals surface area contributed by atoms with E-state index < -0.39 is 12.2 Å². The Morgan fingerprint density at radius 1 is 1.41 bits per heavy atom. The van der Waals surface area contributed by atoms with Gasteiger partial charge in [0.2, 0.25) is 0 Å². The molecule has 0 saturated carbocycles. The van der Waals surface area contributed by atoms with Crippen molar-refractivity contribution in [1.82, 2.24) is 5.48 Å². The van der Waals surface area contributed by atoms with Crippen molar-refractivity contribution in [2.45, 2.75) is 25.6 Å². The molecule has 1 atom stereocenters. The highest BCUT2D eigenvalue weighted by molar-refractivity contribution is 5.96. The Morgan fingerprint density at radius 3 is 2.94 bits per heavy atom. The molecule has 0 bridgehead atoms. The Balaban J connectivity index is 1.87. The molecule has 1 saturated heterocycles. The first-order valence-corrected chi connectivity index (χ1v) is 5.63. The van der Waals surface area contributed by atoms with Crippen molar-refractivity contribution in [2.24, 2.45) is 0 Å². The Bertz CT molecular complexity index is 388. The Kier molecular flexibility index (Phi) is 3.95. The van der Waals surface area contributed by atoms with Crippen LogP contribution in [0, 0.1) is 0 Å². The van der Waals surface area contributed by atoms with E-state index in [0.29, 0.717) is 6.61 Å². The zero-order valence-electron chi connectivity index (χ0n) is 9.39. The molecule has 1 aromatic carbocycles. The summed E-state index contributed by atoms with van der Waals surface area (Å²) in [5.74, 6) is -0.546. The van der Waals surface area contributed by atoms with E-state index in [9.17, 15) is 9.90 Å². The third-order valence-electron chi connectivity index (χ3n) is 2.57. The number of carbonyl (C=O) groups excluding carboxylic acids is 1.